The summed E-state index contributed by atoms with van der Waals surface area (Å²) in [6.45, 7) is -0.182. The van der Waals surface area contributed by atoms with Crippen LogP contribution in [0.1, 0.15) is 35.1 Å². The first-order valence-corrected chi connectivity index (χ1v) is 11.8. The lowest BCUT2D eigenvalue weighted by atomic mass is 10.0. The minimum absolute atomic E-state index is 0.0134. The highest BCUT2D eigenvalue weighted by Crippen LogP contribution is 2.23. The van der Waals surface area contributed by atoms with Crippen LogP contribution in [0.5, 0.6) is 11.5 Å². The molecule has 0 aliphatic carbocycles. The molecule has 11 heteroatoms. The van der Waals surface area contributed by atoms with Crippen LogP contribution >= 0.6 is 0 Å². The second kappa shape index (κ2) is 14.6. The van der Waals surface area contributed by atoms with Crippen LogP contribution in [0.4, 0.5) is 0 Å². The Morgan fingerprint density at radius 2 is 1.19 bits per heavy atom. The molecule has 200 valence electrons. The summed E-state index contributed by atoms with van der Waals surface area (Å²) in [6, 6.07) is 9.74. The summed E-state index contributed by atoms with van der Waals surface area (Å²) in [4.78, 5) is 37.0. The van der Waals surface area contributed by atoms with Gasteiger partial charge < -0.3 is 30.9 Å². The maximum Gasteiger partial charge on any atom is 0.317 e. The van der Waals surface area contributed by atoms with Crippen LogP contribution in [0.2, 0.25) is 0 Å². The van der Waals surface area contributed by atoms with Crippen molar-refractivity contribution in [3.8, 4) is 11.5 Å². The van der Waals surface area contributed by atoms with Gasteiger partial charge in [-0.05, 0) is 48.7 Å². The normalized spacial score (nSPS) is 11.1. The van der Waals surface area contributed by atoms with Crippen LogP contribution in [0.15, 0.2) is 36.4 Å². The number of aryl methyl sites for hydroxylation is 2. The Balaban J connectivity index is 2.17. The maximum absolute atomic E-state index is 11.5. The molecule has 0 aromatic heterocycles. The Morgan fingerprint density at radius 1 is 0.730 bits per heavy atom. The Kier molecular flexibility index (Phi) is 11.5. The molecule has 11 nitrogen and oxygen atoms in total. The molecule has 2 aromatic rings. The lowest BCUT2D eigenvalue weighted by Gasteiger charge is -2.26. The molecular weight excluding hydrogens is 482 g/mol. The topological polar surface area (TPSA) is 183 Å². The first-order chi connectivity index (χ1) is 17.6. The van der Waals surface area contributed by atoms with Gasteiger partial charge in [-0.2, -0.15) is 0 Å². The Hall–Kier alpha value is -3.96. The Labute approximate surface area is 214 Å². The molecule has 0 fully saturated rings. The molecule has 0 spiro atoms. The molecule has 0 atom stereocenters. The highest BCUT2D eigenvalue weighted by atomic mass is 16.4. The smallest absolute Gasteiger partial charge is 0.317 e. The summed E-state index contributed by atoms with van der Waals surface area (Å²) in [5, 5.41) is 55.5. The number of hydrogen-bond donors (Lipinski definition) is 6. The molecule has 6 N–H and O–H groups in total. The summed E-state index contributed by atoms with van der Waals surface area (Å²) in [5.74, 6) is -3.16. The monoisotopic (exact) mass is 515 g/mol. The van der Waals surface area contributed by atoms with Gasteiger partial charge in [0, 0.05) is 43.7 Å². The molecular formula is C26H33N3O8. The predicted molar refractivity (Wildman–Crippen MR) is 135 cm³/mol. The zero-order valence-corrected chi connectivity index (χ0v) is 20.5. The van der Waals surface area contributed by atoms with Gasteiger partial charge in [-0.3, -0.25) is 24.2 Å². The van der Waals surface area contributed by atoms with Crippen molar-refractivity contribution in [2.75, 3.05) is 26.2 Å². The number of nitrogens with zero attached hydrogens (tertiary/aromatic N) is 2. The van der Waals surface area contributed by atoms with E-state index in [1.54, 1.807) is 34.1 Å². The van der Waals surface area contributed by atoms with Crippen molar-refractivity contribution in [1.29, 1.82) is 5.41 Å². The standard InChI is InChI=1S/C26H33N3O8/c27-9-1-2-18-3-6-22(30)20(12-18)14-28(16-25(34)35)10-11-29(17-26(36)37)15-21-13-19(4-7-23(21)31)5-8-24(32)33/h3-4,6-7,9,12-13,27,30-31H,1-2,5,8,10-11,14-17H2,(H,32,33)(H,34,35)(H,36,37). The summed E-state index contributed by atoms with van der Waals surface area (Å²) < 4.78 is 0. The second-order valence-corrected chi connectivity index (χ2v) is 8.77. The van der Waals surface area contributed by atoms with Crippen molar-refractivity contribution >= 4 is 24.1 Å². The van der Waals surface area contributed by atoms with Crippen molar-refractivity contribution in [3.05, 3.63) is 58.7 Å². The number of carboxylic acids is 3. The van der Waals surface area contributed by atoms with Crippen molar-refractivity contribution < 1.29 is 39.9 Å². The van der Waals surface area contributed by atoms with Crippen LogP contribution in [-0.4, -0.2) is 85.6 Å². The Morgan fingerprint density at radius 3 is 1.59 bits per heavy atom. The molecule has 0 aliphatic heterocycles. The number of benzene rings is 2. The average Bonchev–Trinajstić information content (AvgIpc) is 2.82. The highest BCUT2D eigenvalue weighted by molar-refractivity contribution is 5.69. The van der Waals surface area contributed by atoms with E-state index in [4.69, 9.17) is 10.5 Å². The van der Waals surface area contributed by atoms with Gasteiger partial charge in [0.15, 0.2) is 0 Å². The quantitative estimate of drug-likeness (QED) is 0.171. The minimum Gasteiger partial charge on any atom is -0.508 e. The van der Waals surface area contributed by atoms with Gasteiger partial charge in [0.05, 0.1) is 13.1 Å². The van der Waals surface area contributed by atoms with Crippen LogP contribution in [0.25, 0.3) is 0 Å². The van der Waals surface area contributed by atoms with E-state index in [1.165, 1.54) is 18.3 Å². The summed E-state index contributed by atoms with van der Waals surface area (Å²) in [6.07, 6.45) is 2.62. The molecule has 0 bridgehead atoms. The number of hydrogen-bond acceptors (Lipinski definition) is 8. The van der Waals surface area contributed by atoms with E-state index in [-0.39, 0.29) is 63.6 Å². The van der Waals surface area contributed by atoms with E-state index in [0.29, 0.717) is 29.5 Å². The van der Waals surface area contributed by atoms with Gasteiger partial charge in [-0.25, -0.2) is 0 Å². The largest absolute Gasteiger partial charge is 0.508 e. The first kappa shape index (κ1) is 29.3. The molecule has 0 saturated heterocycles. The van der Waals surface area contributed by atoms with Crippen molar-refractivity contribution in [3.63, 3.8) is 0 Å². The lowest BCUT2D eigenvalue weighted by Crippen LogP contribution is -2.39. The van der Waals surface area contributed by atoms with Gasteiger partial charge in [0.2, 0.25) is 0 Å². The van der Waals surface area contributed by atoms with Crippen LogP contribution in [0, 0.1) is 5.41 Å². The van der Waals surface area contributed by atoms with Gasteiger partial charge in [0.25, 0.3) is 0 Å². The number of rotatable bonds is 17. The lowest BCUT2D eigenvalue weighted by molar-refractivity contribution is -0.140. The number of phenols is 2. The fraction of sp³-hybridized carbons (Fsp3) is 0.385. The minimum atomic E-state index is -1.09. The molecule has 0 amide bonds. The zero-order chi connectivity index (χ0) is 27.4. The van der Waals surface area contributed by atoms with Gasteiger partial charge in [0.1, 0.15) is 11.5 Å². The maximum atomic E-state index is 11.5. The molecule has 0 saturated carbocycles. The zero-order valence-electron chi connectivity index (χ0n) is 20.5. The third-order valence-electron chi connectivity index (χ3n) is 5.73. The van der Waals surface area contributed by atoms with Crippen molar-refractivity contribution in [2.24, 2.45) is 0 Å². The predicted octanol–water partition coefficient (Wildman–Crippen LogP) is 2.17. The van der Waals surface area contributed by atoms with Crippen LogP contribution in [0.3, 0.4) is 0 Å². The number of carbonyl (C=O) groups is 3. The van der Waals surface area contributed by atoms with Crippen LogP contribution in [-0.2, 0) is 40.3 Å². The van der Waals surface area contributed by atoms with Crippen molar-refractivity contribution in [2.45, 2.75) is 38.8 Å². The SMILES string of the molecule is N=CCCc1ccc(O)c(CN(CCN(CC(=O)O)Cc2cc(CCC(=O)O)ccc2O)CC(=O)O)c1. The third kappa shape index (κ3) is 10.7. The van der Waals surface area contributed by atoms with E-state index < -0.39 is 17.9 Å². The van der Waals surface area contributed by atoms with E-state index in [1.807, 2.05) is 0 Å². The fourth-order valence-electron chi connectivity index (χ4n) is 3.91. The number of aliphatic carboxylic acids is 3. The highest BCUT2D eigenvalue weighted by Gasteiger charge is 2.18. The second-order valence-electron chi connectivity index (χ2n) is 8.77. The molecule has 0 aliphatic rings. The van der Waals surface area contributed by atoms with Crippen molar-refractivity contribution in [1.82, 2.24) is 9.80 Å². The average molecular weight is 516 g/mol. The van der Waals surface area contributed by atoms with Gasteiger partial charge in [-0.1, -0.05) is 24.3 Å². The molecule has 0 unspecified atom stereocenters. The van der Waals surface area contributed by atoms with Crippen LogP contribution < -0.4 is 0 Å². The fourth-order valence-corrected chi connectivity index (χ4v) is 3.91. The van der Waals surface area contributed by atoms with E-state index in [9.17, 15) is 34.8 Å². The first-order valence-electron chi connectivity index (χ1n) is 11.8. The van der Waals surface area contributed by atoms with E-state index >= 15 is 0 Å². The number of carboxylic acid groups (broad SMARTS) is 3. The Bertz CT molecular complexity index is 1110. The van der Waals surface area contributed by atoms with E-state index in [2.05, 4.69) is 0 Å². The number of aromatic hydroxyl groups is 2. The molecule has 2 aromatic carbocycles. The third-order valence-corrected chi connectivity index (χ3v) is 5.73. The molecule has 2 rings (SSSR count). The number of nitrogens with one attached hydrogen (secondary N) is 1. The molecule has 0 radical (unpaired) electrons. The molecule has 37 heavy (non-hydrogen) atoms. The van der Waals surface area contributed by atoms with E-state index in [0.717, 1.165) is 5.56 Å². The van der Waals surface area contributed by atoms with Gasteiger partial charge >= 0.3 is 17.9 Å². The summed E-state index contributed by atoms with van der Waals surface area (Å²) >= 11 is 0. The summed E-state index contributed by atoms with van der Waals surface area (Å²) in [5.41, 5.74) is 2.55. The molecule has 0 heterocycles. The van der Waals surface area contributed by atoms with Gasteiger partial charge in [-0.15, -0.1) is 0 Å². The number of phenolic OH excluding ortho intramolecular Hbond substituents is 2. The summed E-state index contributed by atoms with van der Waals surface area (Å²) in [7, 11) is 0.